The number of nitrogens with one attached hydrogen (secondary N) is 1. The number of hydrogen-bond donors (Lipinski definition) is 1. The van der Waals surface area contributed by atoms with E-state index in [-0.39, 0.29) is 5.75 Å². The number of guanidine groups is 1. The van der Waals surface area contributed by atoms with Gasteiger partial charge in [0.2, 0.25) is 0 Å². The largest absolute Gasteiger partial charge is 0.355 e. The lowest BCUT2D eigenvalue weighted by Crippen LogP contribution is -2.57. The van der Waals surface area contributed by atoms with Gasteiger partial charge in [0, 0.05) is 51.2 Å². The third-order valence-corrected chi connectivity index (χ3v) is 8.71. The lowest BCUT2D eigenvalue weighted by atomic mass is 10.1. The van der Waals surface area contributed by atoms with Gasteiger partial charge in [-0.25, -0.2) is 8.42 Å². The Labute approximate surface area is 154 Å². The van der Waals surface area contributed by atoms with Crippen LogP contribution in [0.5, 0.6) is 0 Å². The number of fused-ring (bicyclic) bond motifs is 1. The van der Waals surface area contributed by atoms with E-state index in [1.807, 2.05) is 11.3 Å². The van der Waals surface area contributed by atoms with E-state index in [0.717, 1.165) is 38.6 Å². The summed E-state index contributed by atoms with van der Waals surface area (Å²) in [6.45, 7) is 8.49. The molecule has 0 bridgehead atoms. The minimum absolute atomic E-state index is 0.188. The first kappa shape index (κ1) is 18.7. The van der Waals surface area contributed by atoms with Gasteiger partial charge < -0.3 is 10.2 Å². The summed E-state index contributed by atoms with van der Waals surface area (Å²) < 4.78 is 23.6. The Morgan fingerprint density at radius 1 is 1.40 bits per heavy atom. The molecule has 0 saturated carbocycles. The van der Waals surface area contributed by atoms with Gasteiger partial charge in [-0.2, -0.15) is 0 Å². The second-order valence-corrected chi connectivity index (χ2v) is 11.1. The van der Waals surface area contributed by atoms with Gasteiger partial charge in [0.25, 0.3) is 0 Å². The quantitative estimate of drug-likeness (QED) is 0.626. The molecule has 1 fully saturated rings. The topological polar surface area (TPSA) is 65.0 Å². The van der Waals surface area contributed by atoms with Crippen LogP contribution in [0.3, 0.4) is 0 Å². The molecule has 2 aliphatic heterocycles. The van der Waals surface area contributed by atoms with Gasteiger partial charge in [-0.05, 0) is 37.3 Å². The molecule has 6 nitrogen and oxygen atoms in total. The minimum atomic E-state index is -3.03. The van der Waals surface area contributed by atoms with Crippen molar-refractivity contribution in [2.45, 2.75) is 31.6 Å². The number of nitrogens with zero attached hydrogens (tertiary/aromatic N) is 3. The lowest BCUT2D eigenvalue weighted by Gasteiger charge is -2.39. The molecular weight excluding hydrogens is 356 g/mol. The number of thiophene rings is 1. The van der Waals surface area contributed by atoms with Gasteiger partial charge in [-0.1, -0.05) is 0 Å². The Kier molecular flexibility index (Phi) is 5.41. The van der Waals surface area contributed by atoms with Crippen molar-refractivity contribution < 1.29 is 8.42 Å². The predicted molar refractivity (Wildman–Crippen MR) is 104 cm³/mol. The molecule has 3 heterocycles. The monoisotopic (exact) mass is 384 g/mol. The molecule has 0 aliphatic carbocycles. The fourth-order valence-corrected chi connectivity index (χ4v) is 5.74. The molecule has 0 amide bonds. The summed E-state index contributed by atoms with van der Waals surface area (Å²) in [5.74, 6) is 0.990. The van der Waals surface area contributed by atoms with Gasteiger partial charge in [0.15, 0.2) is 15.8 Å². The van der Waals surface area contributed by atoms with E-state index in [4.69, 9.17) is 0 Å². The van der Waals surface area contributed by atoms with Gasteiger partial charge in [-0.3, -0.25) is 9.89 Å². The average Bonchev–Trinajstić information content (AvgIpc) is 3.02. The standard InChI is InChI=1S/C17H28N4O2S2/c1-17(2)13-21(9-11-25(17,22)23)16(18-3)19-6-8-20-7-4-15-14(12-20)5-10-24-15/h5,10H,4,6-9,11-13H2,1-3H3,(H,18,19). The highest BCUT2D eigenvalue weighted by molar-refractivity contribution is 7.92. The van der Waals surface area contributed by atoms with E-state index >= 15 is 0 Å². The summed E-state index contributed by atoms with van der Waals surface area (Å²) >= 11 is 1.86. The molecule has 0 unspecified atom stereocenters. The molecule has 8 heteroatoms. The van der Waals surface area contributed by atoms with E-state index in [0.29, 0.717) is 13.1 Å². The van der Waals surface area contributed by atoms with Gasteiger partial charge >= 0.3 is 0 Å². The van der Waals surface area contributed by atoms with Crippen molar-refractivity contribution in [3.63, 3.8) is 0 Å². The van der Waals surface area contributed by atoms with Gasteiger partial charge in [-0.15, -0.1) is 11.3 Å². The average molecular weight is 385 g/mol. The normalized spacial score (nSPS) is 23.3. The molecule has 1 N–H and O–H groups in total. The zero-order valence-electron chi connectivity index (χ0n) is 15.3. The Hall–Kier alpha value is -1.12. The molecule has 1 saturated heterocycles. The Morgan fingerprint density at radius 3 is 2.92 bits per heavy atom. The molecule has 3 rings (SSSR count). The van der Waals surface area contributed by atoms with E-state index in [1.54, 1.807) is 20.9 Å². The van der Waals surface area contributed by atoms with E-state index in [1.165, 1.54) is 10.4 Å². The fraction of sp³-hybridized carbons (Fsp3) is 0.706. The summed E-state index contributed by atoms with van der Waals surface area (Å²) in [5, 5.41) is 5.59. The molecule has 1 aromatic heterocycles. The maximum Gasteiger partial charge on any atom is 0.193 e. The third-order valence-electron chi connectivity index (χ3n) is 5.15. The lowest BCUT2D eigenvalue weighted by molar-refractivity contribution is 0.258. The van der Waals surface area contributed by atoms with Crippen molar-refractivity contribution in [1.29, 1.82) is 0 Å². The zero-order valence-corrected chi connectivity index (χ0v) is 16.9. The second-order valence-electron chi connectivity index (χ2n) is 7.37. The van der Waals surface area contributed by atoms with Crippen molar-refractivity contribution in [3.05, 3.63) is 21.9 Å². The number of sulfone groups is 1. The van der Waals surface area contributed by atoms with Crippen molar-refractivity contribution in [1.82, 2.24) is 15.1 Å². The van der Waals surface area contributed by atoms with Crippen molar-refractivity contribution >= 4 is 27.1 Å². The highest BCUT2D eigenvalue weighted by Gasteiger charge is 2.40. The van der Waals surface area contributed by atoms with Crippen LogP contribution in [-0.2, 0) is 22.8 Å². The first-order valence-electron chi connectivity index (χ1n) is 8.78. The van der Waals surface area contributed by atoms with Gasteiger partial charge in [0.1, 0.15) is 0 Å². The van der Waals surface area contributed by atoms with Gasteiger partial charge in [0.05, 0.1) is 10.5 Å². The molecule has 0 spiro atoms. The molecule has 0 aromatic carbocycles. The van der Waals surface area contributed by atoms with E-state index < -0.39 is 14.6 Å². The Morgan fingerprint density at radius 2 is 2.20 bits per heavy atom. The smallest absolute Gasteiger partial charge is 0.193 e. The second kappa shape index (κ2) is 7.25. The van der Waals surface area contributed by atoms with Crippen molar-refractivity contribution in [3.8, 4) is 0 Å². The van der Waals surface area contributed by atoms with Crippen LogP contribution in [0.15, 0.2) is 16.4 Å². The maximum absolute atomic E-state index is 12.2. The Balaban J connectivity index is 1.51. The molecule has 1 aromatic rings. The molecule has 140 valence electrons. The van der Waals surface area contributed by atoms with Crippen LogP contribution in [0.25, 0.3) is 0 Å². The highest BCUT2D eigenvalue weighted by atomic mass is 32.2. The van der Waals surface area contributed by atoms with Crippen LogP contribution in [-0.4, -0.2) is 74.4 Å². The van der Waals surface area contributed by atoms with E-state index in [9.17, 15) is 8.42 Å². The number of hydrogen-bond acceptors (Lipinski definition) is 5. The minimum Gasteiger partial charge on any atom is -0.355 e. The third kappa shape index (κ3) is 4.01. The first-order valence-corrected chi connectivity index (χ1v) is 11.3. The van der Waals surface area contributed by atoms with Crippen molar-refractivity contribution in [2.75, 3.05) is 45.5 Å². The van der Waals surface area contributed by atoms with E-state index in [2.05, 4.69) is 31.6 Å². The van der Waals surface area contributed by atoms with Crippen LogP contribution in [0.4, 0.5) is 0 Å². The molecule has 2 aliphatic rings. The van der Waals surface area contributed by atoms with Crippen LogP contribution < -0.4 is 5.32 Å². The summed E-state index contributed by atoms with van der Waals surface area (Å²) in [4.78, 5) is 10.4. The molecule has 25 heavy (non-hydrogen) atoms. The van der Waals surface area contributed by atoms with Crippen LogP contribution >= 0.6 is 11.3 Å². The Bertz CT molecular complexity index is 740. The first-order chi connectivity index (χ1) is 11.8. The molecular formula is C17H28N4O2S2. The van der Waals surface area contributed by atoms with Crippen LogP contribution in [0, 0.1) is 0 Å². The summed E-state index contributed by atoms with van der Waals surface area (Å²) in [6, 6.07) is 2.23. The predicted octanol–water partition coefficient (Wildman–Crippen LogP) is 1.19. The molecule has 0 radical (unpaired) electrons. The SMILES string of the molecule is CN=C(NCCN1CCc2sccc2C1)N1CCS(=O)(=O)C(C)(C)C1. The maximum atomic E-state index is 12.2. The summed E-state index contributed by atoms with van der Waals surface area (Å²) in [7, 11) is -1.27. The highest BCUT2D eigenvalue weighted by Crippen LogP contribution is 2.24. The number of rotatable bonds is 3. The summed E-state index contributed by atoms with van der Waals surface area (Å²) in [6.07, 6.45) is 1.14. The van der Waals surface area contributed by atoms with Crippen LogP contribution in [0.1, 0.15) is 24.3 Å². The zero-order chi connectivity index (χ0) is 18.1. The molecule has 0 atom stereocenters. The fourth-order valence-electron chi connectivity index (χ4n) is 3.48. The van der Waals surface area contributed by atoms with Crippen LogP contribution in [0.2, 0.25) is 0 Å². The van der Waals surface area contributed by atoms with Crippen molar-refractivity contribution in [2.24, 2.45) is 4.99 Å². The summed E-state index contributed by atoms with van der Waals surface area (Å²) in [5.41, 5.74) is 1.46. The number of aliphatic imine (C=N–C) groups is 1.